The molecule has 16 heavy (non-hydrogen) atoms. The summed E-state index contributed by atoms with van der Waals surface area (Å²) in [7, 11) is 0. The van der Waals surface area contributed by atoms with E-state index in [2.05, 4.69) is 6.07 Å². The Hall–Kier alpha value is -1.06. The van der Waals surface area contributed by atoms with Gasteiger partial charge in [0.2, 0.25) is 0 Å². The maximum Gasteiger partial charge on any atom is 0.308 e. The van der Waals surface area contributed by atoms with Gasteiger partial charge in [0.05, 0.1) is 5.92 Å². The van der Waals surface area contributed by atoms with Crippen molar-refractivity contribution in [1.82, 2.24) is 0 Å². The molecule has 0 aliphatic heterocycles. The lowest BCUT2D eigenvalue weighted by molar-refractivity contribution is -0.141. The second kappa shape index (κ2) is 6.51. The van der Waals surface area contributed by atoms with Gasteiger partial charge in [0.25, 0.3) is 0 Å². The van der Waals surface area contributed by atoms with E-state index in [1.54, 1.807) is 0 Å². The predicted octanol–water partition coefficient (Wildman–Crippen LogP) is 1.93. The molecular weight excluding hydrogens is 226 g/mol. The van der Waals surface area contributed by atoms with Crippen molar-refractivity contribution in [1.29, 1.82) is 0 Å². The number of hydrogen-bond acceptors (Lipinski definition) is 2. The van der Waals surface area contributed by atoms with Crippen LogP contribution in [0.4, 0.5) is 0 Å². The lowest BCUT2D eigenvalue weighted by atomic mass is 9.97. The first kappa shape index (κ1) is 14.9. The Balaban J connectivity index is 0.00000225. The van der Waals surface area contributed by atoms with Crippen LogP contribution in [0.25, 0.3) is 0 Å². The zero-order valence-electron chi connectivity index (χ0n) is 9.56. The third kappa shape index (κ3) is 4.21. The van der Waals surface area contributed by atoms with Gasteiger partial charge in [-0.25, -0.2) is 0 Å². The molecule has 0 fully saturated rings. The van der Waals surface area contributed by atoms with Gasteiger partial charge in [-0.1, -0.05) is 29.3 Å². The predicted molar refractivity (Wildman–Crippen MR) is 67.0 cm³/mol. The molecule has 0 heterocycles. The van der Waals surface area contributed by atoms with E-state index in [0.717, 1.165) is 16.7 Å². The van der Waals surface area contributed by atoms with E-state index in [0.29, 0.717) is 6.42 Å². The van der Waals surface area contributed by atoms with Crippen LogP contribution in [0.2, 0.25) is 0 Å². The number of halogens is 1. The Kier molecular flexibility index (Phi) is 6.08. The molecular formula is C12H18ClNO2. The van der Waals surface area contributed by atoms with E-state index >= 15 is 0 Å². The van der Waals surface area contributed by atoms with Crippen LogP contribution in [0, 0.1) is 19.8 Å². The minimum atomic E-state index is -0.823. The molecule has 0 aliphatic carbocycles. The van der Waals surface area contributed by atoms with Crippen molar-refractivity contribution in [2.45, 2.75) is 20.3 Å². The maximum atomic E-state index is 10.8. The number of aryl methyl sites for hydroxylation is 2. The quantitative estimate of drug-likeness (QED) is 0.849. The smallest absolute Gasteiger partial charge is 0.308 e. The molecule has 1 atom stereocenters. The molecule has 0 saturated heterocycles. The van der Waals surface area contributed by atoms with E-state index in [1.165, 1.54) is 0 Å². The summed E-state index contributed by atoms with van der Waals surface area (Å²) >= 11 is 0. The lowest BCUT2D eigenvalue weighted by Crippen LogP contribution is -2.25. The van der Waals surface area contributed by atoms with Crippen LogP contribution in [0.5, 0.6) is 0 Å². The third-order valence-corrected chi connectivity index (χ3v) is 2.40. The molecule has 1 aromatic carbocycles. The summed E-state index contributed by atoms with van der Waals surface area (Å²) in [5.41, 5.74) is 8.78. The summed E-state index contributed by atoms with van der Waals surface area (Å²) in [6.45, 7) is 4.20. The Morgan fingerprint density at radius 1 is 1.31 bits per heavy atom. The topological polar surface area (TPSA) is 63.3 Å². The zero-order chi connectivity index (χ0) is 11.4. The highest BCUT2D eigenvalue weighted by Gasteiger charge is 2.15. The second-order valence-corrected chi connectivity index (χ2v) is 3.97. The van der Waals surface area contributed by atoms with Crippen LogP contribution in [-0.4, -0.2) is 17.6 Å². The lowest BCUT2D eigenvalue weighted by Gasteiger charge is -2.10. The molecule has 0 bridgehead atoms. The zero-order valence-corrected chi connectivity index (χ0v) is 10.4. The minimum absolute atomic E-state index is 0. The monoisotopic (exact) mass is 243 g/mol. The number of nitrogens with two attached hydrogens (primary N) is 1. The fourth-order valence-corrected chi connectivity index (χ4v) is 1.74. The number of carboxylic acid groups (broad SMARTS) is 1. The van der Waals surface area contributed by atoms with Gasteiger partial charge < -0.3 is 10.8 Å². The summed E-state index contributed by atoms with van der Waals surface area (Å²) < 4.78 is 0. The number of carbonyl (C=O) groups is 1. The molecule has 3 N–H and O–H groups in total. The van der Waals surface area contributed by atoms with Gasteiger partial charge in [-0.05, 0) is 25.8 Å². The van der Waals surface area contributed by atoms with E-state index in [4.69, 9.17) is 10.8 Å². The van der Waals surface area contributed by atoms with Gasteiger partial charge in [-0.3, -0.25) is 4.79 Å². The van der Waals surface area contributed by atoms with E-state index in [9.17, 15) is 4.79 Å². The molecule has 3 nitrogen and oxygen atoms in total. The standard InChI is InChI=1S/C12H17NO2.ClH/c1-8-3-9(2)5-10(4-8)6-11(7-13)12(14)15;/h3-5,11H,6-7,13H2,1-2H3,(H,14,15);1H/t11-;/m1./s1. The normalized spacial score (nSPS) is 11.7. The number of rotatable bonds is 4. The van der Waals surface area contributed by atoms with Crippen molar-refractivity contribution in [3.8, 4) is 0 Å². The Labute approximate surface area is 102 Å². The molecule has 1 rings (SSSR count). The maximum absolute atomic E-state index is 10.8. The van der Waals surface area contributed by atoms with Gasteiger partial charge in [0.15, 0.2) is 0 Å². The van der Waals surface area contributed by atoms with Crippen LogP contribution in [0.3, 0.4) is 0 Å². The van der Waals surface area contributed by atoms with Crippen molar-refractivity contribution < 1.29 is 9.90 Å². The first-order valence-electron chi connectivity index (χ1n) is 5.03. The Morgan fingerprint density at radius 3 is 2.19 bits per heavy atom. The molecule has 0 spiro atoms. The largest absolute Gasteiger partial charge is 0.481 e. The van der Waals surface area contributed by atoms with E-state index < -0.39 is 11.9 Å². The van der Waals surface area contributed by atoms with Crippen LogP contribution < -0.4 is 5.73 Å². The van der Waals surface area contributed by atoms with Gasteiger partial charge in [0.1, 0.15) is 0 Å². The highest BCUT2D eigenvalue weighted by molar-refractivity contribution is 5.85. The first-order chi connectivity index (χ1) is 7.02. The SMILES string of the molecule is Cc1cc(C)cc(C[C@H](CN)C(=O)O)c1.Cl. The molecule has 0 aliphatic rings. The molecule has 4 heteroatoms. The van der Waals surface area contributed by atoms with Gasteiger partial charge >= 0.3 is 5.97 Å². The molecule has 0 unspecified atom stereocenters. The van der Waals surface area contributed by atoms with Crippen LogP contribution in [-0.2, 0) is 11.2 Å². The fourth-order valence-electron chi connectivity index (χ4n) is 1.74. The average molecular weight is 244 g/mol. The third-order valence-electron chi connectivity index (χ3n) is 2.40. The Morgan fingerprint density at radius 2 is 1.81 bits per heavy atom. The molecule has 0 radical (unpaired) electrons. The summed E-state index contributed by atoms with van der Waals surface area (Å²) in [6.07, 6.45) is 0.508. The van der Waals surface area contributed by atoms with E-state index in [-0.39, 0.29) is 19.0 Å². The number of carboxylic acids is 1. The number of hydrogen-bond donors (Lipinski definition) is 2. The van der Waals surface area contributed by atoms with Crippen molar-refractivity contribution >= 4 is 18.4 Å². The minimum Gasteiger partial charge on any atom is -0.481 e. The van der Waals surface area contributed by atoms with Crippen molar-refractivity contribution in [2.75, 3.05) is 6.54 Å². The van der Waals surface area contributed by atoms with Crippen LogP contribution in [0.15, 0.2) is 18.2 Å². The second-order valence-electron chi connectivity index (χ2n) is 3.97. The summed E-state index contributed by atoms with van der Waals surface area (Å²) in [6, 6.07) is 6.10. The average Bonchev–Trinajstić information content (AvgIpc) is 2.12. The molecule has 0 amide bonds. The first-order valence-corrected chi connectivity index (χ1v) is 5.03. The molecule has 1 aromatic rings. The number of aliphatic carboxylic acids is 1. The van der Waals surface area contributed by atoms with Gasteiger partial charge in [-0.15, -0.1) is 12.4 Å². The summed E-state index contributed by atoms with van der Waals surface area (Å²) in [5.74, 6) is -1.30. The Bertz CT molecular complexity index is 346. The van der Waals surface area contributed by atoms with Gasteiger partial charge in [-0.2, -0.15) is 0 Å². The highest BCUT2D eigenvalue weighted by atomic mass is 35.5. The van der Waals surface area contributed by atoms with E-state index in [1.807, 2.05) is 26.0 Å². The summed E-state index contributed by atoms with van der Waals surface area (Å²) in [4.78, 5) is 10.8. The summed E-state index contributed by atoms with van der Waals surface area (Å²) in [5, 5.41) is 8.89. The fraction of sp³-hybridized carbons (Fsp3) is 0.417. The van der Waals surface area contributed by atoms with Crippen molar-refractivity contribution in [2.24, 2.45) is 11.7 Å². The highest BCUT2D eigenvalue weighted by Crippen LogP contribution is 2.13. The van der Waals surface area contributed by atoms with Crippen molar-refractivity contribution in [3.05, 3.63) is 34.9 Å². The van der Waals surface area contributed by atoms with Crippen LogP contribution in [0.1, 0.15) is 16.7 Å². The van der Waals surface area contributed by atoms with Gasteiger partial charge in [0, 0.05) is 6.54 Å². The molecule has 0 aromatic heterocycles. The molecule has 90 valence electrons. The number of benzene rings is 1. The van der Waals surface area contributed by atoms with Crippen molar-refractivity contribution in [3.63, 3.8) is 0 Å². The van der Waals surface area contributed by atoms with Crippen LogP contribution >= 0.6 is 12.4 Å². The molecule has 0 saturated carbocycles.